The molecule has 1 unspecified atom stereocenters. The van der Waals surface area contributed by atoms with Crippen molar-refractivity contribution in [3.05, 3.63) is 35.4 Å². The average Bonchev–Trinajstić information content (AvgIpc) is 2.47. The normalized spacial score (nSPS) is 21.0. The molecule has 1 atom stereocenters. The topological polar surface area (TPSA) is 37.4 Å². The van der Waals surface area contributed by atoms with Crippen LogP contribution in [0, 0.1) is 0 Å². The number of hydrogen-bond acceptors (Lipinski definition) is 3. The maximum absolute atomic E-state index is 12.5. The molecule has 1 aromatic rings. The Morgan fingerprint density at radius 1 is 1.40 bits per heavy atom. The summed E-state index contributed by atoms with van der Waals surface area (Å²) in [6, 6.07) is 7.50. The second kappa shape index (κ2) is 7.16. The van der Waals surface area contributed by atoms with E-state index in [9.17, 15) is 8.42 Å². The molecule has 1 aromatic carbocycles. The summed E-state index contributed by atoms with van der Waals surface area (Å²) in [7, 11) is -3.23. The summed E-state index contributed by atoms with van der Waals surface area (Å²) in [4.78, 5) is 0. The predicted molar refractivity (Wildman–Crippen MR) is 86.7 cm³/mol. The third-order valence-corrected chi connectivity index (χ3v) is 6.94. The maximum atomic E-state index is 12.5. The quantitative estimate of drug-likeness (QED) is 0.777. The summed E-state index contributed by atoms with van der Waals surface area (Å²) >= 11 is 7.67. The number of halogens is 1. The van der Waals surface area contributed by atoms with E-state index in [0.717, 1.165) is 23.3 Å². The maximum Gasteiger partial charge on any atom is 0.218 e. The van der Waals surface area contributed by atoms with Gasteiger partial charge in [-0.25, -0.2) is 8.42 Å². The number of benzene rings is 1. The second-order valence-corrected chi connectivity index (χ2v) is 8.61. The molecule has 0 aromatic heterocycles. The van der Waals surface area contributed by atoms with Gasteiger partial charge < -0.3 is 0 Å². The van der Waals surface area contributed by atoms with Crippen LogP contribution in [0.2, 0.25) is 0 Å². The smallest absolute Gasteiger partial charge is 0.212 e. The van der Waals surface area contributed by atoms with Crippen molar-refractivity contribution in [1.29, 1.82) is 0 Å². The molecule has 0 bridgehead atoms. The summed E-state index contributed by atoms with van der Waals surface area (Å²) < 4.78 is 26.6. The van der Waals surface area contributed by atoms with Crippen molar-refractivity contribution in [3.63, 3.8) is 0 Å². The molecule has 1 aliphatic rings. The molecule has 0 amide bonds. The van der Waals surface area contributed by atoms with Crippen molar-refractivity contribution in [1.82, 2.24) is 4.31 Å². The molecule has 0 spiro atoms. The van der Waals surface area contributed by atoms with E-state index in [1.165, 1.54) is 0 Å². The van der Waals surface area contributed by atoms with E-state index in [1.54, 1.807) is 4.31 Å². The minimum absolute atomic E-state index is 0.0683. The Balaban J connectivity index is 2.10. The Morgan fingerprint density at radius 3 is 2.85 bits per heavy atom. The van der Waals surface area contributed by atoms with Crippen LogP contribution < -0.4 is 0 Å². The molecule has 0 radical (unpaired) electrons. The number of rotatable bonds is 5. The standard InChI is InChI=1S/C14H20ClNO2S2/c1-2-14-10-16(6-7-19-14)20(17,18)11-13-5-3-4-12(8-13)9-15/h3-5,8,14H,2,6-7,9-11H2,1H3. The number of alkyl halides is 1. The zero-order valence-corrected chi connectivity index (χ0v) is 14.0. The van der Waals surface area contributed by atoms with Crippen LogP contribution >= 0.6 is 23.4 Å². The minimum atomic E-state index is -3.23. The van der Waals surface area contributed by atoms with Crippen molar-refractivity contribution in [2.45, 2.75) is 30.2 Å². The molecule has 3 nitrogen and oxygen atoms in total. The Hall–Kier alpha value is -0.230. The van der Waals surface area contributed by atoms with E-state index in [4.69, 9.17) is 11.6 Å². The molecule has 0 aliphatic carbocycles. The number of thioether (sulfide) groups is 1. The number of nitrogens with zero attached hydrogens (tertiary/aromatic N) is 1. The highest BCUT2D eigenvalue weighted by atomic mass is 35.5. The molecule has 1 fully saturated rings. The molecule has 20 heavy (non-hydrogen) atoms. The largest absolute Gasteiger partial charge is 0.218 e. The number of hydrogen-bond donors (Lipinski definition) is 0. The molecule has 1 aliphatic heterocycles. The summed E-state index contributed by atoms with van der Waals surface area (Å²) in [6.45, 7) is 3.37. The van der Waals surface area contributed by atoms with Gasteiger partial charge in [-0.3, -0.25) is 0 Å². The Labute approximate surface area is 130 Å². The van der Waals surface area contributed by atoms with Crippen LogP contribution in [-0.4, -0.2) is 36.8 Å². The van der Waals surface area contributed by atoms with Crippen molar-refractivity contribution in [3.8, 4) is 0 Å². The molecule has 1 saturated heterocycles. The van der Waals surface area contributed by atoms with Gasteiger partial charge in [0.1, 0.15) is 0 Å². The lowest BCUT2D eigenvalue weighted by Gasteiger charge is -2.31. The summed E-state index contributed by atoms with van der Waals surface area (Å²) in [6.07, 6.45) is 1.01. The third kappa shape index (κ3) is 4.13. The fraction of sp³-hybridized carbons (Fsp3) is 0.571. The van der Waals surface area contributed by atoms with E-state index >= 15 is 0 Å². The molecular formula is C14H20ClNO2S2. The predicted octanol–water partition coefficient (Wildman–Crippen LogP) is 3.08. The van der Waals surface area contributed by atoms with Crippen molar-refractivity contribution < 1.29 is 8.42 Å². The van der Waals surface area contributed by atoms with E-state index in [2.05, 4.69) is 6.92 Å². The van der Waals surface area contributed by atoms with Gasteiger partial charge in [-0.15, -0.1) is 11.6 Å². The van der Waals surface area contributed by atoms with Crippen LogP contribution in [0.3, 0.4) is 0 Å². The first-order valence-corrected chi connectivity index (χ1v) is 9.97. The minimum Gasteiger partial charge on any atom is -0.212 e. The molecule has 6 heteroatoms. The molecule has 112 valence electrons. The van der Waals surface area contributed by atoms with Gasteiger partial charge >= 0.3 is 0 Å². The SMILES string of the molecule is CCC1CN(S(=O)(=O)Cc2cccc(CCl)c2)CCS1. The fourth-order valence-corrected chi connectivity index (χ4v) is 5.41. The van der Waals surface area contributed by atoms with Crippen LogP contribution in [0.5, 0.6) is 0 Å². The molecular weight excluding hydrogens is 314 g/mol. The van der Waals surface area contributed by atoms with Crippen molar-refractivity contribution in [2.24, 2.45) is 0 Å². The molecule has 0 N–H and O–H groups in total. The summed E-state index contributed by atoms with van der Waals surface area (Å²) in [5.41, 5.74) is 1.77. The van der Waals surface area contributed by atoms with Gasteiger partial charge in [0.05, 0.1) is 5.75 Å². The van der Waals surface area contributed by atoms with Gasteiger partial charge in [0.25, 0.3) is 0 Å². The highest BCUT2D eigenvalue weighted by Crippen LogP contribution is 2.24. The van der Waals surface area contributed by atoms with Gasteiger partial charge in [-0.2, -0.15) is 16.1 Å². The van der Waals surface area contributed by atoms with Crippen LogP contribution in [0.4, 0.5) is 0 Å². The molecule has 2 rings (SSSR count). The molecule has 1 heterocycles. The van der Waals surface area contributed by atoms with E-state index in [-0.39, 0.29) is 5.75 Å². The van der Waals surface area contributed by atoms with Gasteiger partial charge in [-0.05, 0) is 17.5 Å². The van der Waals surface area contributed by atoms with Gasteiger partial charge in [-0.1, -0.05) is 31.2 Å². The van der Waals surface area contributed by atoms with Crippen LogP contribution in [-0.2, 0) is 21.7 Å². The average molecular weight is 334 g/mol. The highest BCUT2D eigenvalue weighted by molar-refractivity contribution is 8.00. The first-order valence-electron chi connectivity index (χ1n) is 6.78. The van der Waals surface area contributed by atoms with E-state index in [0.29, 0.717) is 24.2 Å². The first kappa shape index (κ1) is 16.1. The Kier molecular flexibility index (Phi) is 5.78. The van der Waals surface area contributed by atoms with Crippen molar-refractivity contribution >= 4 is 33.4 Å². The van der Waals surface area contributed by atoms with Crippen molar-refractivity contribution in [2.75, 3.05) is 18.8 Å². The third-order valence-electron chi connectivity index (χ3n) is 3.45. The first-order chi connectivity index (χ1) is 9.55. The van der Waals surface area contributed by atoms with E-state index < -0.39 is 10.0 Å². The highest BCUT2D eigenvalue weighted by Gasteiger charge is 2.28. The summed E-state index contributed by atoms with van der Waals surface area (Å²) in [5, 5.41) is 0.424. The lowest BCUT2D eigenvalue weighted by molar-refractivity contribution is 0.415. The fourth-order valence-electron chi connectivity index (χ4n) is 2.30. The van der Waals surface area contributed by atoms with Crippen LogP contribution in [0.25, 0.3) is 0 Å². The lowest BCUT2D eigenvalue weighted by Crippen LogP contribution is -2.42. The lowest BCUT2D eigenvalue weighted by atomic mass is 10.2. The Bertz CT molecular complexity index is 548. The van der Waals surface area contributed by atoms with Crippen LogP contribution in [0.1, 0.15) is 24.5 Å². The van der Waals surface area contributed by atoms with E-state index in [1.807, 2.05) is 36.0 Å². The summed E-state index contributed by atoms with van der Waals surface area (Å²) in [5.74, 6) is 1.37. The second-order valence-electron chi connectivity index (χ2n) is 4.97. The zero-order chi connectivity index (χ0) is 14.6. The van der Waals surface area contributed by atoms with Gasteiger partial charge in [0, 0.05) is 30.0 Å². The van der Waals surface area contributed by atoms with Gasteiger partial charge in [0.2, 0.25) is 10.0 Å². The van der Waals surface area contributed by atoms with Crippen LogP contribution in [0.15, 0.2) is 24.3 Å². The number of sulfonamides is 1. The zero-order valence-electron chi connectivity index (χ0n) is 11.6. The monoisotopic (exact) mass is 333 g/mol. The van der Waals surface area contributed by atoms with Gasteiger partial charge in [0.15, 0.2) is 0 Å². The Morgan fingerprint density at radius 2 is 2.15 bits per heavy atom. The molecule has 0 saturated carbocycles.